The lowest BCUT2D eigenvalue weighted by Crippen LogP contribution is -2.34. The summed E-state index contributed by atoms with van der Waals surface area (Å²) in [5, 5.41) is 0. The molecular formula is C14H17F2NO. The van der Waals surface area contributed by atoms with Crippen molar-refractivity contribution in [2.24, 2.45) is 5.73 Å². The number of benzene rings is 1. The van der Waals surface area contributed by atoms with Crippen LogP contribution >= 0.6 is 0 Å². The van der Waals surface area contributed by atoms with E-state index >= 15 is 0 Å². The minimum atomic E-state index is -0.589. The lowest BCUT2D eigenvalue weighted by Gasteiger charge is -2.30. The fraction of sp³-hybridized carbons (Fsp3) is 0.571. The summed E-state index contributed by atoms with van der Waals surface area (Å²) in [7, 11) is 0. The molecule has 98 valence electrons. The van der Waals surface area contributed by atoms with Gasteiger partial charge in [0.05, 0.1) is 6.61 Å². The summed E-state index contributed by atoms with van der Waals surface area (Å²) < 4.78 is 33.2. The Hall–Kier alpha value is -1.16. The average Bonchev–Trinajstić information content (AvgIpc) is 2.98. The molecular weight excluding hydrogens is 236 g/mol. The number of halogens is 2. The zero-order chi connectivity index (χ0) is 12.8. The molecule has 3 rings (SSSR count). The van der Waals surface area contributed by atoms with Gasteiger partial charge in [0.2, 0.25) is 0 Å². The van der Waals surface area contributed by atoms with Crippen molar-refractivity contribution in [3.05, 3.63) is 28.8 Å². The lowest BCUT2D eigenvalue weighted by atomic mass is 9.76. The summed E-state index contributed by atoms with van der Waals surface area (Å²) in [5.74, 6) is -0.802. The highest BCUT2D eigenvalue weighted by atomic mass is 19.1. The fourth-order valence-electron chi connectivity index (χ4n) is 3.48. The number of rotatable bonds is 2. The molecule has 1 aromatic carbocycles. The first-order valence-corrected chi connectivity index (χ1v) is 6.52. The molecule has 0 amide bonds. The molecule has 0 radical (unpaired) electrons. The molecule has 1 saturated carbocycles. The molecule has 1 aliphatic carbocycles. The Morgan fingerprint density at radius 2 is 1.94 bits per heavy atom. The standard InChI is InChI=1S/C14H17F2NO/c15-10-7-11(16)13-9(3-6-18-13)12(10)14(8-17)4-1-2-5-14/h7H,1-6,8,17H2. The second-order valence-corrected chi connectivity index (χ2v) is 5.31. The number of hydrogen-bond acceptors (Lipinski definition) is 2. The SMILES string of the molecule is NCC1(c2c(F)cc(F)c3c2CCO3)CCCC1. The van der Waals surface area contributed by atoms with Gasteiger partial charge in [0.25, 0.3) is 0 Å². The summed E-state index contributed by atoms with van der Waals surface area (Å²) in [4.78, 5) is 0. The van der Waals surface area contributed by atoms with Gasteiger partial charge in [0, 0.05) is 35.6 Å². The molecule has 0 unspecified atom stereocenters. The molecule has 1 aliphatic heterocycles. The van der Waals surface area contributed by atoms with Crippen LogP contribution in [0.4, 0.5) is 8.78 Å². The van der Waals surface area contributed by atoms with Crippen molar-refractivity contribution in [3.8, 4) is 5.75 Å². The van der Waals surface area contributed by atoms with E-state index in [0.717, 1.165) is 31.7 Å². The van der Waals surface area contributed by atoms with Gasteiger partial charge >= 0.3 is 0 Å². The summed E-state index contributed by atoms with van der Waals surface area (Å²) in [6.45, 7) is 0.853. The number of hydrogen-bond donors (Lipinski definition) is 1. The number of ether oxygens (including phenoxy) is 1. The van der Waals surface area contributed by atoms with Crippen molar-refractivity contribution in [1.29, 1.82) is 0 Å². The number of nitrogens with two attached hydrogens (primary N) is 1. The van der Waals surface area contributed by atoms with Crippen molar-refractivity contribution in [2.75, 3.05) is 13.2 Å². The van der Waals surface area contributed by atoms with Crippen molar-refractivity contribution >= 4 is 0 Å². The van der Waals surface area contributed by atoms with Crippen LogP contribution in [0.3, 0.4) is 0 Å². The molecule has 1 fully saturated rings. The summed E-state index contributed by atoms with van der Waals surface area (Å²) in [6.07, 6.45) is 4.48. The molecule has 0 atom stereocenters. The van der Waals surface area contributed by atoms with E-state index in [0.29, 0.717) is 30.7 Å². The lowest BCUT2D eigenvalue weighted by molar-refractivity contribution is 0.338. The summed E-state index contributed by atoms with van der Waals surface area (Å²) in [5.41, 5.74) is 6.92. The Kier molecular flexibility index (Phi) is 2.77. The average molecular weight is 253 g/mol. The Bertz CT molecular complexity index is 481. The van der Waals surface area contributed by atoms with Gasteiger partial charge in [-0.1, -0.05) is 12.8 Å². The van der Waals surface area contributed by atoms with Gasteiger partial charge in [-0.25, -0.2) is 8.78 Å². The fourth-order valence-corrected chi connectivity index (χ4v) is 3.48. The third-order valence-corrected chi connectivity index (χ3v) is 4.37. The van der Waals surface area contributed by atoms with E-state index in [2.05, 4.69) is 0 Å². The largest absolute Gasteiger partial charge is 0.490 e. The first kappa shape index (κ1) is 11.9. The van der Waals surface area contributed by atoms with Crippen LogP contribution in [0.5, 0.6) is 5.75 Å². The van der Waals surface area contributed by atoms with Crippen molar-refractivity contribution < 1.29 is 13.5 Å². The van der Waals surface area contributed by atoms with Crippen LogP contribution in [-0.4, -0.2) is 13.2 Å². The Labute approximate surface area is 105 Å². The Balaban J connectivity index is 2.20. The number of fused-ring (bicyclic) bond motifs is 1. The van der Waals surface area contributed by atoms with Gasteiger partial charge in [-0.2, -0.15) is 0 Å². The van der Waals surface area contributed by atoms with Crippen molar-refractivity contribution in [2.45, 2.75) is 37.5 Å². The van der Waals surface area contributed by atoms with Crippen LogP contribution in [0.2, 0.25) is 0 Å². The molecule has 0 bridgehead atoms. The van der Waals surface area contributed by atoms with E-state index in [1.165, 1.54) is 0 Å². The van der Waals surface area contributed by atoms with Crippen molar-refractivity contribution in [3.63, 3.8) is 0 Å². The maximum absolute atomic E-state index is 14.2. The minimum Gasteiger partial charge on any atom is -0.490 e. The van der Waals surface area contributed by atoms with Crippen LogP contribution in [0.25, 0.3) is 0 Å². The summed E-state index contributed by atoms with van der Waals surface area (Å²) >= 11 is 0. The topological polar surface area (TPSA) is 35.2 Å². The molecule has 2 N–H and O–H groups in total. The van der Waals surface area contributed by atoms with Gasteiger partial charge in [0.15, 0.2) is 11.6 Å². The normalized spacial score (nSPS) is 20.8. The molecule has 0 aromatic heterocycles. The zero-order valence-corrected chi connectivity index (χ0v) is 10.3. The first-order chi connectivity index (χ1) is 8.68. The smallest absolute Gasteiger partial charge is 0.168 e. The predicted molar refractivity (Wildman–Crippen MR) is 64.8 cm³/mol. The Morgan fingerprint density at radius 3 is 2.61 bits per heavy atom. The van der Waals surface area contributed by atoms with Crippen molar-refractivity contribution in [1.82, 2.24) is 0 Å². The van der Waals surface area contributed by atoms with Crippen LogP contribution in [-0.2, 0) is 11.8 Å². The summed E-state index contributed by atoms with van der Waals surface area (Å²) in [6, 6.07) is 0.954. The van der Waals surface area contributed by atoms with E-state index in [4.69, 9.17) is 10.5 Å². The molecule has 18 heavy (non-hydrogen) atoms. The van der Waals surface area contributed by atoms with E-state index in [-0.39, 0.29) is 11.2 Å². The second-order valence-electron chi connectivity index (χ2n) is 5.31. The monoisotopic (exact) mass is 253 g/mol. The van der Waals surface area contributed by atoms with Gasteiger partial charge in [-0.05, 0) is 12.8 Å². The van der Waals surface area contributed by atoms with Gasteiger partial charge in [-0.3, -0.25) is 0 Å². The van der Waals surface area contributed by atoms with Gasteiger partial charge in [0.1, 0.15) is 5.82 Å². The molecule has 4 heteroatoms. The highest BCUT2D eigenvalue weighted by molar-refractivity contribution is 5.49. The second kappa shape index (κ2) is 4.19. The van der Waals surface area contributed by atoms with Crippen LogP contribution in [0.1, 0.15) is 36.8 Å². The molecule has 0 saturated heterocycles. The maximum atomic E-state index is 14.2. The molecule has 2 aliphatic rings. The third kappa shape index (κ3) is 1.55. The maximum Gasteiger partial charge on any atom is 0.168 e. The first-order valence-electron chi connectivity index (χ1n) is 6.52. The highest BCUT2D eigenvalue weighted by Gasteiger charge is 2.40. The van der Waals surface area contributed by atoms with Crippen LogP contribution < -0.4 is 10.5 Å². The van der Waals surface area contributed by atoms with Crippen LogP contribution in [0.15, 0.2) is 6.07 Å². The zero-order valence-electron chi connectivity index (χ0n) is 10.3. The molecule has 1 aromatic rings. The molecule has 1 heterocycles. The predicted octanol–water partition coefficient (Wildman–Crippen LogP) is 2.67. The molecule has 0 spiro atoms. The quantitative estimate of drug-likeness (QED) is 0.879. The van der Waals surface area contributed by atoms with Crippen LogP contribution in [0, 0.1) is 11.6 Å². The van der Waals surface area contributed by atoms with Gasteiger partial charge < -0.3 is 10.5 Å². The van der Waals surface area contributed by atoms with E-state index in [1.54, 1.807) is 0 Å². The Morgan fingerprint density at radius 1 is 1.22 bits per heavy atom. The third-order valence-electron chi connectivity index (χ3n) is 4.37. The minimum absolute atomic E-state index is 0.242. The van der Waals surface area contributed by atoms with E-state index < -0.39 is 11.6 Å². The van der Waals surface area contributed by atoms with E-state index in [9.17, 15) is 8.78 Å². The van der Waals surface area contributed by atoms with Gasteiger partial charge in [-0.15, -0.1) is 0 Å². The van der Waals surface area contributed by atoms with E-state index in [1.807, 2.05) is 0 Å². The molecule has 2 nitrogen and oxygen atoms in total. The highest BCUT2D eigenvalue weighted by Crippen LogP contribution is 2.46.